The van der Waals surface area contributed by atoms with Gasteiger partial charge in [0.15, 0.2) is 0 Å². The Morgan fingerprint density at radius 1 is 0.468 bits per heavy atom. The van der Waals surface area contributed by atoms with Gasteiger partial charge in [0.25, 0.3) is 0 Å². The largest absolute Gasteiger partial charge is 0.456 e. The quantitative estimate of drug-likeness (QED) is 0.198. The summed E-state index contributed by atoms with van der Waals surface area (Å²) in [5.41, 5.74) is 10.4. The van der Waals surface area contributed by atoms with E-state index in [9.17, 15) is 5.26 Å². The van der Waals surface area contributed by atoms with E-state index in [1.54, 1.807) is 11.3 Å². The van der Waals surface area contributed by atoms with Gasteiger partial charge in [-0.2, -0.15) is 5.26 Å². The van der Waals surface area contributed by atoms with Crippen molar-refractivity contribution in [2.45, 2.75) is 0 Å². The summed E-state index contributed by atoms with van der Waals surface area (Å²) >= 11 is 1.71. The molecule has 0 radical (unpaired) electrons. The maximum Gasteiger partial charge on any atom is 0.135 e. The first-order valence-corrected chi connectivity index (χ1v) is 16.5. The fourth-order valence-electron chi connectivity index (χ4n) is 7.26. The Morgan fingerprint density at radius 2 is 1.15 bits per heavy atom. The molecule has 0 atom stereocenters. The van der Waals surface area contributed by atoms with Crippen molar-refractivity contribution in [1.82, 2.24) is 4.57 Å². The number of rotatable bonds is 3. The third kappa shape index (κ3) is 3.85. The van der Waals surface area contributed by atoms with Gasteiger partial charge in [-0.1, -0.05) is 91.0 Å². The van der Waals surface area contributed by atoms with Gasteiger partial charge in [0, 0.05) is 32.3 Å². The molecule has 218 valence electrons. The Kier molecular flexibility index (Phi) is 5.51. The lowest BCUT2D eigenvalue weighted by Crippen LogP contribution is -1.93. The number of hydrogen-bond donors (Lipinski definition) is 0. The van der Waals surface area contributed by atoms with Crippen LogP contribution in [0.3, 0.4) is 0 Å². The molecule has 3 nitrogen and oxygen atoms in total. The first kappa shape index (κ1) is 26.1. The van der Waals surface area contributed by atoms with Crippen LogP contribution in [0.25, 0.3) is 91.9 Å². The van der Waals surface area contributed by atoms with Gasteiger partial charge in [-0.15, -0.1) is 11.3 Å². The lowest BCUT2D eigenvalue weighted by molar-refractivity contribution is 0.669. The van der Waals surface area contributed by atoms with Gasteiger partial charge < -0.3 is 8.98 Å². The Morgan fingerprint density at radius 3 is 2.04 bits per heavy atom. The molecule has 7 aromatic carbocycles. The second-order valence-corrected chi connectivity index (χ2v) is 13.0. The van der Waals surface area contributed by atoms with Crippen LogP contribution in [0.2, 0.25) is 0 Å². The minimum Gasteiger partial charge on any atom is -0.456 e. The number of nitriles is 1. The van der Waals surface area contributed by atoms with E-state index in [2.05, 4.69) is 126 Å². The number of benzene rings is 7. The molecule has 47 heavy (non-hydrogen) atoms. The molecule has 0 saturated heterocycles. The van der Waals surface area contributed by atoms with Gasteiger partial charge in [-0.25, -0.2) is 0 Å². The van der Waals surface area contributed by atoms with Crippen LogP contribution < -0.4 is 0 Å². The van der Waals surface area contributed by atoms with Crippen LogP contribution in [0.1, 0.15) is 5.56 Å². The third-order valence-corrected chi connectivity index (χ3v) is 10.7. The SMILES string of the molecule is N#Cc1cc(-c2ccc3oc4ccccc4c3c2)cc2c1sc1c(-n3c4ccccc4c4cc(-c5ccccc5)ccc43)cccc12. The van der Waals surface area contributed by atoms with Gasteiger partial charge in [-0.05, 0) is 76.9 Å². The highest BCUT2D eigenvalue weighted by molar-refractivity contribution is 7.26. The number of furan rings is 1. The van der Waals surface area contributed by atoms with E-state index in [1.165, 1.54) is 32.1 Å². The average Bonchev–Trinajstić information content (AvgIpc) is 3.80. The van der Waals surface area contributed by atoms with Crippen molar-refractivity contribution in [2.24, 2.45) is 0 Å². The summed E-state index contributed by atoms with van der Waals surface area (Å²) in [4.78, 5) is 0. The fraction of sp³-hybridized carbons (Fsp3) is 0. The van der Waals surface area contributed by atoms with Gasteiger partial charge >= 0.3 is 0 Å². The van der Waals surface area contributed by atoms with Gasteiger partial charge in [-0.3, -0.25) is 0 Å². The van der Waals surface area contributed by atoms with E-state index in [4.69, 9.17) is 4.42 Å². The molecule has 10 rings (SSSR count). The van der Waals surface area contributed by atoms with Crippen molar-refractivity contribution >= 4 is 75.3 Å². The Balaban J connectivity index is 1.21. The van der Waals surface area contributed by atoms with Crippen molar-refractivity contribution in [3.05, 3.63) is 151 Å². The number of aromatic nitrogens is 1. The van der Waals surface area contributed by atoms with Crippen molar-refractivity contribution in [2.75, 3.05) is 0 Å². The zero-order chi connectivity index (χ0) is 31.1. The molecule has 0 unspecified atom stereocenters. The van der Waals surface area contributed by atoms with Crippen LogP contribution in [0.5, 0.6) is 0 Å². The summed E-state index contributed by atoms with van der Waals surface area (Å²) in [7, 11) is 0. The fourth-order valence-corrected chi connectivity index (χ4v) is 8.51. The first-order chi connectivity index (χ1) is 23.2. The normalized spacial score (nSPS) is 11.8. The smallest absolute Gasteiger partial charge is 0.135 e. The Labute approximate surface area is 273 Å². The Bertz CT molecular complexity index is 2920. The van der Waals surface area contributed by atoms with Crippen LogP contribution in [0.4, 0.5) is 0 Å². The molecule has 0 fully saturated rings. The lowest BCUT2D eigenvalue weighted by atomic mass is 9.98. The Hall–Kier alpha value is -6.15. The highest BCUT2D eigenvalue weighted by Crippen LogP contribution is 2.44. The van der Waals surface area contributed by atoms with E-state index in [-0.39, 0.29) is 0 Å². The number of para-hydroxylation sites is 2. The van der Waals surface area contributed by atoms with Crippen molar-refractivity contribution in [1.29, 1.82) is 5.26 Å². The van der Waals surface area contributed by atoms with Crippen LogP contribution in [-0.4, -0.2) is 4.57 Å². The third-order valence-electron chi connectivity index (χ3n) is 9.43. The molecule has 0 saturated carbocycles. The van der Waals surface area contributed by atoms with E-state index in [0.717, 1.165) is 59.7 Å². The van der Waals surface area contributed by atoms with Gasteiger partial charge in [0.1, 0.15) is 17.2 Å². The first-order valence-electron chi connectivity index (χ1n) is 15.7. The maximum absolute atomic E-state index is 10.4. The second-order valence-electron chi connectivity index (χ2n) is 12.0. The van der Waals surface area contributed by atoms with Crippen molar-refractivity contribution in [3.63, 3.8) is 0 Å². The molecular weight excluding hydrogens is 593 g/mol. The van der Waals surface area contributed by atoms with E-state index in [1.807, 2.05) is 30.3 Å². The monoisotopic (exact) mass is 616 g/mol. The molecule has 0 aliphatic heterocycles. The molecule has 0 aliphatic carbocycles. The number of fused-ring (bicyclic) bond motifs is 9. The predicted octanol–water partition coefficient (Wildman–Crippen LogP) is 12.3. The highest BCUT2D eigenvalue weighted by Gasteiger charge is 2.19. The van der Waals surface area contributed by atoms with Crippen molar-refractivity contribution in [3.8, 4) is 34.0 Å². The zero-order valence-electron chi connectivity index (χ0n) is 25.1. The van der Waals surface area contributed by atoms with Gasteiger partial charge in [0.2, 0.25) is 0 Å². The summed E-state index contributed by atoms with van der Waals surface area (Å²) in [6.07, 6.45) is 0. The molecule has 3 heterocycles. The maximum atomic E-state index is 10.4. The minimum absolute atomic E-state index is 0.691. The average molecular weight is 617 g/mol. The molecule has 0 amide bonds. The van der Waals surface area contributed by atoms with E-state index in [0.29, 0.717) is 5.56 Å². The lowest BCUT2D eigenvalue weighted by Gasteiger charge is -2.10. The van der Waals surface area contributed by atoms with Crippen LogP contribution in [0.15, 0.2) is 150 Å². The standard InChI is InChI=1S/C43H24N2OS/c44-25-30-21-29(28-18-20-41-35(23-28)32-12-5-7-16-40(32)46-41)24-36-33-13-8-15-39(43(33)47-42(30)36)45-37-14-6-4-11-31(37)34-22-27(17-19-38(34)45)26-9-2-1-3-10-26/h1-24H. The van der Waals surface area contributed by atoms with Crippen LogP contribution in [0, 0.1) is 11.3 Å². The van der Waals surface area contributed by atoms with E-state index >= 15 is 0 Å². The molecule has 0 bridgehead atoms. The number of nitrogens with zero attached hydrogens (tertiary/aromatic N) is 2. The molecule has 0 N–H and O–H groups in total. The van der Waals surface area contributed by atoms with Crippen molar-refractivity contribution < 1.29 is 4.42 Å². The molecule has 0 spiro atoms. The predicted molar refractivity (Wildman–Crippen MR) is 197 cm³/mol. The molecule has 3 aromatic heterocycles. The summed E-state index contributed by atoms with van der Waals surface area (Å²) < 4.78 is 10.7. The number of thiophene rings is 1. The summed E-state index contributed by atoms with van der Waals surface area (Å²) in [5, 5.41) is 17.3. The topological polar surface area (TPSA) is 41.9 Å². The summed E-state index contributed by atoms with van der Waals surface area (Å²) in [5.74, 6) is 0. The van der Waals surface area contributed by atoms with E-state index < -0.39 is 0 Å². The summed E-state index contributed by atoms with van der Waals surface area (Å²) in [6, 6.07) is 53.8. The summed E-state index contributed by atoms with van der Waals surface area (Å²) in [6.45, 7) is 0. The second kappa shape index (κ2) is 9.92. The van der Waals surface area contributed by atoms with Crippen LogP contribution >= 0.6 is 11.3 Å². The molecule has 0 aliphatic rings. The highest BCUT2D eigenvalue weighted by atomic mass is 32.1. The zero-order valence-corrected chi connectivity index (χ0v) is 25.9. The molecule has 4 heteroatoms. The van der Waals surface area contributed by atoms with Crippen LogP contribution in [-0.2, 0) is 0 Å². The number of hydrogen-bond acceptors (Lipinski definition) is 3. The molecule has 10 aromatic rings. The minimum atomic E-state index is 0.691. The molecular formula is C43H24N2OS. The van der Waals surface area contributed by atoms with Gasteiger partial charge in [0.05, 0.1) is 31.7 Å².